The summed E-state index contributed by atoms with van der Waals surface area (Å²) in [7, 11) is 0. The molecule has 0 aromatic rings. The van der Waals surface area contributed by atoms with Gasteiger partial charge in [-0.3, -0.25) is 0 Å². The smallest absolute Gasteiger partial charge is 0.0183 e. The van der Waals surface area contributed by atoms with Gasteiger partial charge in [0, 0.05) is 0 Å². The topological polar surface area (TPSA) is 0 Å². The maximum atomic E-state index is 3.83. The van der Waals surface area contributed by atoms with Gasteiger partial charge < -0.3 is 0 Å². The number of hydrogen-bond donors (Lipinski definition) is 0. The van der Waals surface area contributed by atoms with Gasteiger partial charge in [0.25, 0.3) is 0 Å². The monoisotopic (exact) mass is 513 g/mol. The van der Waals surface area contributed by atoms with Crippen LogP contribution in [-0.2, 0) is 0 Å². The predicted octanol–water partition coefficient (Wildman–Crippen LogP) is 12.3. The van der Waals surface area contributed by atoms with Crippen LogP contribution in [0.4, 0.5) is 0 Å². The Labute approximate surface area is 234 Å². The molecule has 216 valence electrons. The molecule has 37 heavy (non-hydrogen) atoms. The molecule has 0 radical (unpaired) electrons. The Balaban J connectivity index is 2.30. The van der Waals surface area contributed by atoms with Crippen molar-refractivity contribution in [2.45, 2.75) is 160 Å². The van der Waals surface area contributed by atoms with Crippen LogP contribution in [0, 0.1) is 58.2 Å². The molecule has 2 aliphatic carbocycles. The van der Waals surface area contributed by atoms with Crippen LogP contribution in [0.1, 0.15) is 160 Å². The van der Waals surface area contributed by atoms with Crippen LogP contribution in [0.5, 0.6) is 0 Å². The lowest BCUT2D eigenvalue weighted by molar-refractivity contribution is 0.127. The minimum absolute atomic E-state index is 0.407. The van der Waals surface area contributed by atoms with E-state index in [1.165, 1.54) is 89.0 Å². The Morgan fingerprint density at radius 2 is 1.59 bits per heavy atom. The highest BCUT2D eigenvalue weighted by Crippen LogP contribution is 2.50. The zero-order valence-electron chi connectivity index (χ0n) is 27.4. The van der Waals surface area contributed by atoms with Crippen LogP contribution in [0.15, 0.2) is 17.4 Å². The van der Waals surface area contributed by atoms with Crippen LogP contribution in [0.25, 0.3) is 0 Å². The number of hydrogen-bond acceptors (Lipinski definition) is 0. The van der Waals surface area contributed by atoms with E-state index in [4.69, 9.17) is 0 Å². The van der Waals surface area contributed by atoms with E-state index in [2.05, 4.69) is 88.0 Å². The van der Waals surface area contributed by atoms with E-state index >= 15 is 0 Å². The minimum Gasteiger partial charge on any atom is -0.126 e. The Hall–Kier alpha value is -0.480. The summed E-state index contributed by atoms with van der Waals surface area (Å²) in [5.74, 6) is 6.63. The molecule has 0 nitrogen and oxygen atoms in total. The first-order chi connectivity index (χ1) is 17.2. The van der Waals surface area contributed by atoms with Gasteiger partial charge in [-0.1, -0.05) is 94.9 Å². The maximum absolute atomic E-state index is 3.83. The molecule has 0 aliphatic heterocycles. The van der Waals surface area contributed by atoms with Crippen molar-refractivity contribution in [1.82, 2.24) is 0 Å². The molecule has 0 spiro atoms. The molecule has 0 heteroatoms. The first-order valence-electron chi connectivity index (χ1n) is 16.6. The molecule has 1 fully saturated rings. The Morgan fingerprint density at radius 1 is 0.946 bits per heavy atom. The average Bonchev–Trinajstić information content (AvgIpc) is 3.62. The summed E-state index contributed by atoms with van der Waals surface area (Å²) in [5.41, 5.74) is 6.26. The third-order valence-corrected chi connectivity index (χ3v) is 10.2. The predicted molar refractivity (Wildman–Crippen MR) is 167 cm³/mol. The molecule has 0 bridgehead atoms. The van der Waals surface area contributed by atoms with E-state index in [9.17, 15) is 0 Å². The normalized spacial score (nSPS) is 30.9. The second-order valence-corrected chi connectivity index (χ2v) is 16.4. The maximum Gasteiger partial charge on any atom is -0.0183 e. The van der Waals surface area contributed by atoms with Crippen molar-refractivity contribution >= 4 is 0 Å². The largest absolute Gasteiger partial charge is 0.126 e. The van der Waals surface area contributed by atoms with Crippen LogP contribution in [0.2, 0.25) is 0 Å². The van der Waals surface area contributed by atoms with Gasteiger partial charge in [-0.15, -0.1) is 5.73 Å². The molecule has 1 saturated carbocycles. The molecule has 2 rings (SSSR count). The summed E-state index contributed by atoms with van der Waals surface area (Å²) < 4.78 is 0. The molecule has 0 aromatic carbocycles. The fourth-order valence-electron chi connectivity index (χ4n) is 8.13. The van der Waals surface area contributed by atoms with Crippen molar-refractivity contribution in [1.29, 1.82) is 0 Å². The standard InChI is InChI=1S/C37H68/c1-12-13-28(3)23-33-19-17-27(2)16-18-32(26-37(10,11)34-20-21-34)22-29(4)14-15-30(5)24-35(33)31(6)25-36(7,8)9/h15,27-28,30-35H,12-13,16-26H2,1-11H3. The minimum atomic E-state index is 0.407. The van der Waals surface area contributed by atoms with E-state index in [1.807, 2.05) is 0 Å². The van der Waals surface area contributed by atoms with Crippen LogP contribution in [-0.4, -0.2) is 0 Å². The second kappa shape index (κ2) is 14.8. The van der Waals surface area contributed by atoms with Gasteiger partial charge in [0.15, 0.2) is 0 Å². The molecule has 7 atom stereocenters. The van der Waals surface area contributed by atoms with Gasteiger partial charge in [-0.05, 0) is 135 Å². The third kappa shape index (κ3) is 12.5. The lowest BCUT2D eigenvalue weighted by Gasteiger charge is -2.38. The van der Waals surface area contributed by atoms with Crippen LogP contribution < -0.4 is 0 Å². The summed E-state index contributed by atoms with van der Waals surface area (Å²) in [6.07, 6.45) is 20.6. The van der Waals surface area contributed by atoms with E-state index in [1.54, 1.807) is 0 Å². The van der Waals surface area contributed by atoms with Crippen molar-refractivity contribution in [2.24, 2.45) is 58.2 Å². The number of allylic oxidation sites excluding steroid dienone is 1. The highest BCUT2D eigenvalue weighted by molar-refractivity contribution is 5.02. The average molecular weight is 513 g/mol. The van der Waals surface area contributed by atoms with Gasteiger partial charge in [0.2, 0.25) is 0 Å². The molecule has 0 amide bonds. The second-order valence-electron chi connectivity index (χ2n) is 16.4. The van der Waals surface area contributed by atoms with Crippen molar-refractivity contribution in [2.75, 3.05) is 0 Å². The highest BCUT2D eigenvalue weighted by Gasteiger charge is 2.39. The molecule has 0 aromatic heterocycles. The van der Waals surface area contributed by atoms with E-state index in [0.717, 1.165) is 41.4 Å². The Kier molecular flexibility index (Phi) is 13.1. The van der Waals surface area contributed by atoms with Crippen LogP contribution >= 0.6 is 0 Å². The van der Waals surface area contributed by atoms with Crippen molar-refractivity contribution < 1.29 is 0 Å². The Bertz CT molecular complexity index is 707. The summed E-state index contributed by atoms with van der Waals surface area (Å²) >= 11 is 0. The van der Waals surface area contributed by atoms with E-state index in [-0.39, 0.29) is 0 Å². The molecular formula is C37H68. The first kappa shape index (κ1) is 32.7. The van der Waals surface area contributed by atoms with E-state index in [0.29, 0.717) is 16.7 Å². The fourth-order valence-corrected chi connectivity index (χ4v) is 8.13. The summed E-state index contributed by atoms with van der Waals surface area (Å²) in [6.45, 7) is 27.3. The van der Waals surface area contributed by atoms with Gasteiger partial charge in [0.05, 0.1) is 0 Å². The summed E-state index contributed by atoms with van der Waals surface area (Å²) in [6, 6.07) is 0. The molecular weight excluding hydrogens is 444 g/mol. The van der Waals surface area contributed by atoms with Gasteiger partial charge in [-0.25, -0.2) is 0 Å². The summed E-state index contributed by atoms with van der Waals surface area (Å²) in [4.78, 5) is 0. The first-order valence-corrected chi connectivity index (χ1v) is 16.6. The molecule has 0 heterocycles. The SMILES string of the molecule is CCCC(C)CC1CCC(C)CCC(CC(C)(C)C2CC2)CC(C)=C=CC(C)CC1C(C)CC(C)(C)C. The van der Waals surface area contributed by atoms with Crippen molar-refractivity contribution in [3.63, 3.8) is 0 Å². The van der Waals surface area contributed by atoms with Gasteiger partial charge in [0.1, 0.15) is 0 Å². The highest BCUT2D eigenvalue weighted by atomic mass is 14.4. The van der Waals surface area contributed by atoms with E-state index < -0.39 is 0 Å². The zero-order valence-corrected chi connectivity index (χ0v) is 27.4. The van der Waals surface area contributed by atoms with Crippen molar-refractivity contribution in [3.8, 4) is 0 Å². The lowest BCUT2D eigenvalue weighted by atomic mass is 9.67. The zero-order chi connectivity index (χ0) is 27.8. The quantitative estimate of drug-likeness (QED) is 0.269. The van der Waals surface area contributed by atoms with Gasteiger partial charge in [-0.2, -0.15) is 0 Å². The van der Waals surface area contributed by atoms with Gasteiger partial charge >= 0.3 is 0 Å². The Morgan fingerprint density at radius 3 is 2.19 bits per heavy atom. The fraction of sp³-hybridized carbons (Fsp3) is 0.919. The molecule has 0 N–H and O–H groups in total. The van der Waals surface area contributed by atoms with Crippen molar-refractivity contribution in [3.05, 3.63) is 17.4 Å². The van der Waals surface area contributed by atoms with Crippen LogP contribution in [0.3, 0.4) is 0 Å². The molecule has 0 saturated heterocycles. The molecule has 7 unspecified atom stereocenters. The summed E-state index contributed by atoms with van der Waals surface area (Å²) in [5, 5.41) is 0. The lowest BCUT2D eigenvalue weighted by Crippen LogP contribution is -2.28. The molecule has 2 aliphatic rings. The number of rotatable bonds is 9. The third-order valence-electron chi connectivity index (χ3n) is 10.2.